The molecule has 0 spiro atoms. The normalized spacial score (nSPS) is 18.9. The maximum atomic E-state index is 12.0. The predicted molar refractivity (Wildman–Crippen MR) is 76.5 cm³/mol. The third kappa shape index (κ3) is 2.39. The van der Waals surface area contributed by atoms with Gasteiger partial charge in [0.2, 0.25) is 0 Å². The summed E-state index contributed by atoms with van der Waals surface area (Å²) in [4.78, 5) is 12.0. The summed E-state index contributed by atoms with van der Waals surface area (Å²) in [7, 11) is 1.33. The molecule has 4 nitrogen and oxygen atoms in total. The molecule has 2 rings (SSSR count). The van der Waals surface area contributed by atoms with Crippen molar-refractivity contribution in [2.45, 2.75) is 12.8 Å². The number of carbonyl (C=O) groups is 1. The Hall–Kier alpha value is -1.71. The maximum Gasteiger partial charge on any atom is 0.336 e. The van der Waals surface area contributed by atoms with Crippen LogP contribution >= 0.6 is 24.0 Å². The molecule has 1 N–H and O–H groups in total. The van der Waals surface area contributed by atoms with Crippen LogP contribution in [-0.4, -0.2) is 13.1 Å². The van der Waals surface area contributed by atoms with Crippen molar-refractivity contribution in [1.82, 2.24) is 5.32 Å². The average Bonchev–Trinajstić information content (AvgIpc) is 2.90. The van der Waals surface area contributed by atoms with Gasteiger partial charge in [0, 0.05) is 5.70 Å². The Kier molecular flexibility index (Phi) is 3.98. The van der Waals surface area contributed by atoms with Crippen LogP contribution < -0.4 is 5.32 Å². The van der Waals surface area contributed by atoms with E-state index in [0.717, 1.165) is 5.56 Å². The molecule has 1 aromatic heterocycles. The van der Waals surface area contributed by atoms with E-state index in [4.69, 9.17) is 4.74 Å². The van der Waals surface area contributed by atoms with Crippen LogP contribution in [0.5, 0.6) is 0 Å². The zero-order valence-corrected chi connectivity index (χ0v) is 12.1. The highest BCUT2D eigenvalue weighted by atomic mass is 32.1. The van der Waals surface area contributed by atoms with Crippen LogP contribution in [0.4, 0.5) is 0 Å². The first-order valence-corrected chi connectivity index (χ1v) is 6.90. The number of methoxy groups -OCH3 is 1. The SMILES string of the molecule is COC(=O)C1=C(C)NC(S)=C(C#N)[C@@H]1c1ccsc1. The number of carbonyl (C=O) groups excluding carboxylic acids is 1. The van der Waals surface area contributed by atoms with E-state index in [1.54, 1.807) is 6.92 Å². The van der Waals surface area contributed by atoms with Gasteiger partial charge in [0.15, 0.2) is 0 Å². The van der Waals surface area contributed by atoms with Gasteiger partial charge in [0.25, 0.3) is 0 Å². The number of nitrogens with one attached hydrogen (secondary N) is 1. The highest BCUT2D eigenvalue weighted by Gasteiger charge is 2.34. The third-order valence-corrected chi connectivity index (χ3v) is 4.00. The third-order valence-electron chi connectivity index (χ3n) is 2.94. The van der Waals surface area contributed by atoms with E-state index in [2.05, 4.69) is 24.0 Å². The van der Waals surface area contributed by atoms with Crippen molar-refractivity contribution in [3.05, 3.63) is 44.3 Å². The lowest BCUT2D eigenvalue weighted by molar-refractivity contribution is -0.136. The summed E-state index contributed by atoms with van der Waals surface area (Å²) >= 11 is 5.81. The number of esters is 1. The molecule has 19 heavy (non-hydrogen) atoms. The minimum Gasteiger partial charge on any atom is -0.466 e. The standard InChI is InChI=1S/C13H12N2O2S2/c1-7-10(13(16)17-2)11(8-3-4-19-6-8)9(5-14)12(18)15-7/h3-4,6,11,15,18H,1-2H3/t11-/m0/s1. The molecule has 0 saturated carbocycles. The Labute approximate surface area is 120 Å². The van der Waals surface area contributed by atoms with E-state index >= 15 is 0 Å². The molecule has 0 unspecified atom stereocenters. The topological polar surface area (TPSA) is 62.1 Å². The number of thiol groups is 1. The van der Waals surface area contributed by atoms with E-state index in [1.807, 2.05) is 16.8 Å². The van der Waals surface area contributed by atoms with Crippen LogP contribution in [0, 0.1) is 11.3 Å². The van der Waals surface area contributed by atoms with Crippen molar-refractivity contribution in [1.29, 1.82) is 5.26 Å². The second kappa shape index (κ2) is 5.51. The van der Waals surface area contributed by atoms with Gasteiger partial charge >= 0.3 is 5.97 Å². The molecule has 0 aromatic carbocycles. The quantitative estimate of drug-likeness (QED) is 0.649. The number of hydrogen-bond donors (Lipinski definition) is 2. The molecule has 2 heterocycles. The van der Waals surface area contributed by atoms with Crippen molar-refractivity contribution in [2.75, 3.05) is 7.11 Å². The molecule has 0 aliphatic carbocycles. The summed E-state index contributed by atoms with van der Waals surface area (Å²) in [5.41, 5.74) is 2.43. The van der Waals surface area contributed by atoms with Crippen molar-refractivity contribution in [3.63, 3.8) is 0 Å². The van der Waals surface area contributed by atoms with E-state index < -0.39 is 11.9 Å². The number of nitriles is 1. The van der Waals surface area contributed by atoms with Crippen LogP contribution in [0.15, 0.2) is 38.7 Å². The molecule has 0 amide bonds. The molecule has 1 aromatic rings. The lowest BCUT2D eigenvalue weighted by Crippen LogP contribution is -2.27. The fraction of sp³-hybridized carbons (Fsp3) is 0.231. The highest BCUT2D eigenvalue weighted by molar-refractivity contribution is 7.84. The minimum atomic E-state index is -0.435. The van der Waals surface area contributed by atoms with Crippen molar-refractivity contribution >= 4 is 29.9 Å². The summed E-state index contributed by atoms with van der Waals surface area (Å²) < 4.78 is 4.83. The van der Waals surface area contributed by atoms with Gasteiger partial charge in [-0.3, -0.25) is 0 Å². The van der Waals surface area contributed by atoms with Gasteiger partial charge in [-0.05, 0) is 29.3 Å². The molecule has 0 fully saturated rings. The van der Waals surface area contributed by atoms with Crippen LogP contribution in [0.2, 0.25) is 0 Å². The predicted octanol–water partition coefficient (Wildman–Crippen LogP) is 2.55. The number of nitrogens with zero attached hydrogens (tertiary/aromatic N) is 1. The van der Waals surface area contributed by atoms with E-state index in [9.17, 15) is 10.1 Å². The number of thiophene rings is 1. The van der Waals surface area contributed by atoms with E-state index in [-0.39, 0.29) is 0 Å². The summed E-state index contributed by atoms with van der Waals surface area (Å²) in [5, 5.41) is 16.6. The number of hydrogen-bond acceptors (Lipinski definition) is 6. The molecule has 1 atom stereocenters. The molecule has 0 bridgehead atoms. The molecule has 1 aliphatic rings. The Balaban J connectivity index is 2.61. The summed E-state index contributed by atoms with van der Waals surface area (Å²) in [6, 6.07) is 4.02. The molecule has 0 radical (unpaired) electrons. The van der Waals surface area contributed by atoms with E-state index in [1.165, 1.54) is 18.4 Å². The second-order valence-electron chi connectivity index (χ2n) is 4.02. The number of dihydropyridines is 1. The average molecular weight is 292 g/mol. The minimum absolute atomic E-state index is 0.419. The zero-order chi connectivity index (χ0) is 14.0. The number of ether oxygens (including phenoxy) is 1. The van der Waals surface area contributed by atoms with Gasteiger partial charge < -0.3 is 10.1 Å². The summed E-state index contributed by atoms with van der Waals surface area (Å²) in [6.07, 6.45) is 0. The van der Waals surface area contributed by atoms with Crippen LogP contribution in [-0.2, 0) is 9.53 Å². The zero-order valence-electron chi connectivity index (χ0n) is 10.4. The molecule has 1 aliphatic heterocycles. The Morgan fingerprint density at radius 2 is 2.37 bits per heavy atom. The highest BCUT2D eigenvalue weighted by Crippen LogP contribution is 2.39. The largest absolute Gasteiger partial charge is 0.466 e. The first-order valence-electron chi connectivity index (χ1n) is 5.51. The first-order chi connectivity index (χ1) is 9.10. The van der Waals surface area contributed by atoms with Gasteiger partial charge in [-0.25, -0.2) is 4.79 Å². The maximum absolute atomic E-state index is 12.0. The van der Waals surface area contributed by atoms with Crippen molar-refractivity contribution in [3.8, 4) is 6.07 Å². The Bertz CT molecular complexity index is 609. The molecular formula is C13H12N2O2S2. The van der Waals surface area contributed by atoms with Crippen molar-refractivity contribution in [2.24, 2.45) is 0 Å². The molecular weight excluding hydrogens is 280 g/mol. The molecule has 0 saturated heterocycles. The molecule has 98 valence electrons. The Morgan fingerprint density at radius 3 is 2.89 bits per heavy atom. The summed E-state index contributed by atoms with van der Waals surface area (Å²) in [6.45, 7) is 1.77. The van der Waals surface area contributed by atoms with E-state index in [0.29, 0.717) is 21.9 Å². The fourth-order valence-corrected chi connectivity index (χ4v) is 3.11. The first kappa shape index (κ1) is 13.7. The van der Waals surface area contributed by atoms with Gasteiger partial charge in [-0.15, -0.1) is 12.6 Å². The number of rotatable bonds is 2. The summed E-state index contributed by atoms with van der Waals surface area (Å²) in [5.74, 6) is -0.854. The fourth-order valence-electron chi connectivity index (χ4n) is 2.08. The van der Waals surface area contributed by atoms with Gasteiger partial charge in [0.05, 0.1) is 35.3 Å². The molecule has 6 heteroatoms. The smallest absolute Gasteiger partial charge is 0.336 e. The van der Waals surface area contributed by atoms with Crippen LogP contribution in [0.3, 0.4) is 0 Å². The lowest BCUT2D eigenvalue weighted by Gasteiger charge is -2.26. The number of allylic oxidation sites excluding steroid dienone is 2. The second-order valence-corrected chi connectivity index (χ2v) is 5.25. The lowest BCUT2D eigenvalue weighted by atomic mass is 9.84. The van der Waals surface area contributed by atoms with Gasteiger partial charge in [-0.2, -0.15) is 16.6 Å². The van der Waals surface area contributed by atoms with Gasteiger partial charge in [0.1, 0.15) is 0 Å². The monoisotopic (exact) mass is 292 g/mol. The van der Waals surface area contributed by atoms with Gasteiger partial charge in [-0.1, -0.05) is 0 Å². The Morgan fingerprint density at radius 1 is 1.63 bits per heavy atom. The van der Waals surface area contributed by atoms with Crippen molar-refractivity contribution < 1.29 is 9.53 Å². The van der Waals surface area contributed by atoms with Crippen LogP contribution in [0.1, 0.15) is 18.4 Å². The van der Waals surface area contributed by atoms with Crippen LogP contribution in [0.25, 0.3) is 0 Å².